The highest BCUT2D eigenvalue weighted by Crippen LogP contribution is 2.67. The van der Waals surface area contributed by atoms with Crippen molar-refractivity contribution in [3.8, 4) is 11.5 Å². The number of likely N-dealkylation sites (tertiary alicyclic amines) is 1. The number of carbonyl (C=O) groups excluding carboxylic acids is 2. The van der Waals surface area contributed by atoms with Gasteiger partial charge in [-0.25, -0.2) is 0 Å². The number of halogens is 3. The van der Waals surface area contributed by atoms with Crippen molar-refractivity contribution in [3.63, 3.8) is 0 Å². The molecule has 1 saturated carbocycles. The van der Waals surface area contributed by atoms with Crippen molar-refractivity contribution in [3.05, 3.63) is 101 Å². The number of alkyl halides is 3. The lowest BCUT2D eigenvalue weighted by Gasteiger charge is -2.65. The molecule has 2 aliphatic heterocycles. The van der Waals surface area contributed by atoms with E-state index >= 15 is 0 Å². The molecule has 1 N–H and O–H groups in total. The van der Waals surface area contributed by atoms with Gasteiger partial charge < -0.3 is 19.5 Å². The smallest absolute Gasteiger partial charge is 0.416 e. The van der Waals surface area contributed by atoms with Crippen LogP contribution in [0.5, 0.6) is 11.5 Å². The number of hydrogen-bond donors (Lipinski definition) is 1. The van der Waals surface area contributed by atoms with Crippen molar-refractivity contribution in [1.82, 2.24) is 9.80 Å². The Kier molecular flexibility index (Phi) is 8.73. The van der Waals surface area contributed by atoms with E-state index in [0.29, 0.717) is 38.0 Å². The van der Waals surface area contributed by atoms with Crippen molar-refractivity contribution in [1.29, 1.82) is 0 Å². The van der Waals surface area contributed by atoms with Crippen molar-refractivity contribution < 1.29 is 37.3 Å². The summed E-state index contributed by atoms with van der Waals surface area (Å²) in [5.74, 6) is -0.241. The Morgan fingerprint density at radius 3 is 2.60 bits per heavy atom. The van der Waals surface area contributed by atoms with Crippen LogP contribution in [0.15, 0.2) is 72.8 Å². The number of phenols is 1. The number of piperidine rings is 1. The molecule has 2 heterocycles. The molecule has 5 atom stereocenters. The fourth-order valence-corrected chi connectivity index (χ4v) is 9.41. The summed E-state index contributed by atoms with van der Waals surface area (Å²) in [6.07, 6.45) is 0.658. The molecule has 2 aliphatic carbocycles. The van der Waals surface area contributed by atoms with Gasteiger partial charge in [0.1, 0.15) is 11.7 Å². The van der Waals surface area contributed by atoms with Gasteiger partial charge in [-0.05, 0) is 85.5 Å². The van der Waals surface area contributed by atoms with Crippen LogP contribution in [-0.4, -0.2) is 70.2 Å². The quantitative estimate of drug-likeness (QED) is 0.194. The number of benzene rings is 3. The van der Waals surface area contributed by atoms with Gasteiger partial charge in [0.05, 0.1) is 23.1 Å². The number of amides is 1. The number of aromatic hydroxyl groups is 1. The van der Waals surface area contributed by atoms with E-state index in [9.17, 15) is 27.9 Å². The third-order valence-corrected chi connectivity index (χ3v) is 11.2. The lowest BCUT2D eigenvalue weighted by atomic mass is 9.48. The second-order valence-electron chi connectivity index (χ2n) is 14.6. The van der Waals surface area contributed by atoms with Crippen LogP contribution in [0.1, 0.15) is 67.9 Å². The van der Waals surface area contributed by atoms with E-state index in [-0.39, 0.29) is 35.1 Å². The minimum Gasteiger partial charge on any atom is -0.504 e. The molecular weight excluding hydrogens is 645 g/mol. The van der Waals surface area contributed by atoms with Gasteiger partial charge in [-0.15, -0.1) is 0 Å². The molecule has 10 heteroatoms. The summed E-state index contributed by atoms with van der Waals surface area (Å²) >= 11 is 0. The Morgan fingerprint density at radius 2 is 1.88 bits per heavy atom. The maximum absolute atomic E-state index is 14.1. The molecule has 4 aliphatic rings. The predicted molar refractivity (Wildman–Crippen MR) is 183 cm³/mol. The van der Waals surface area contributed by atoms with Gasteiger partial charge in [0.2, 0.25) is 5.91 Å². The molecule has 3 aromatic carbocycles. The molecule has 50 heavy (non-hydrogen) atoms. The number of ether oxygens (including phenoxy) is 2. The van der Waals surface area contributed by atoms with Crippen molar-refractivity contribution in [2.45, 2.75) is 88.3 Å². The van der Waals surface area contributed by atoms with Crippen molar-refractivity contribution in [2.75, 3.05) is 19.6 Å². The Balaban J connectivity index is 1.28. The van der Waals surface area contributed by atoms with E-state index in [2.05, 4.69) is 17.0 Å². The number of phenolic OH excluding ortho intramolecular Hbond substituents is 1. The first kappa shape index (κ1) is 34.2. The molecule has 2 unspecified atom stereocenters. The largest absolute Gasteiger partial charge is 0.504 e. The van der Waals surface area contributed by atoms with Crippen LogP contribution in [0.4, 0.5) is 13.2 Å². The molecule has 1 spiro atoms. The molecule has 3 aromatic rings. The number of carbonyl (C=O) groups is 2. The molecule has 264 valence electrons. The summed E-state index contributed by atoms with van der Waals surface area (Å²) in [6, 6.07) is 18.2. The SMILES string of the molecule is CC(=O)O[C@@]12CCC(N(CC(C)C)C(=O)/C=C/c3cccc(C(F)(F)F)c3)C3Oc4c(O)ccc5c4[C@@]31CCN(CCc1ccccc1)[C@@H]2C5. The fraction of sp³-hybridized carbons (Fsp3) is 0.450. The minimum atomic E-state index is -4.50. The summed E-state index contributed by atoms with van der Waals surface area (Å²) in [7, 11) is 0. The molecule has 0 radical (unpaired) electrons. The Hall–Kier alpha value is -4.31. The van der Waals surface area contributed by atoms with E-state index in [4.69, 9.17) is 9.47 Å². The average Bonchev–Trinajstić information content (AvgIpc) is 3.43. The average molecular weight is 689 g/mol. The van der Waals surface area contributed by atoms with Crippen molar-refractivity contribution in [2.24, 2.45) is 5.92 Å². The van der Waals surface area contributed by atoms with Crippen molar-refractivity contribution >= 4 is 18.0 Å². The van der Waals surface area contributed by atoms with Crippen LogP contribution in [0.3, 0.4) is 0 Å². The van der Waals surface area contributed by atoms with Gasteiger partial charge in [-0.3, -0.25) is 14.5 Å². The third kappa shape index (κ3) is 5.65. The normalized spacial score (nSPS) is 26.8. The van der Waals surface area contributed by atoms with Crippen LogP contribution >= 0.6 is 0 Å². The van der Waals surface area contributed by atoms with E-state index in [1.54, 1.807) is 11.0 Å². The molecule has 7 rings (SSSR count). The first-order chi connectivity index (χ1) is 23.8. The zero-order valence-electron chi connectivity index (χ0n) is 28.6. The lowest BCUT2D eigenvalue weighted by molar-refractivity contribution is -0.224. The van der Waals surface area contributed by atoms with Gasteiger partial charge in [0.25, 0.3) is 0 Å². The Morgan fingerprint density at radius 1 is 1.10 bits per heavy atom. The highest BCUT2D eigenvalue weighted by atomic mass is 19.4. The zero-order chi connectivity index (χ0) is 35.4. The summed E-state index contributed by atoms with van der Waals surface area (Å²) in [4.78, 5) is 31.4. The maximum Gasteiger partial charge on any atom is 0.416 e. The Bertz CT molecular complexity index is 1810. The molecular formula is C40H43F3N2O5. The predicted octanol–water partition coefficient (Wildman–Crippen LogP) is 6.95. The van der Waals surface area contributed by atoms with E-state index in [1.807, 2.05) is 38.1 Å². The first-order valence-corrected chi connectivity index (χ1v) is 17.5. The van der Waals surface area contributed by atoms with Gasteiger partial charge in [-0.1, -0.05) is 62.4 Å². The zero-order valence-corrected chi connectivity index (χ0v) is 28.6. The molecule has 2 fully saturated rings. The maximum atomic E-state index is 14.1. The molecule has 7 nitrogen and oxygen atoms in total. The summed E-state index contributed by atoms with van der Waals surface area (Å²) in [6.45, 7) is 7.35. The molecule has 0 aromatic heterocycles. The molecule has 2 bridgehead atoms. The standard InChI is InChI=1S/C40H43F3N2O5/c1-25(2)24-45(34(48)15-12-28-10-7-11-30(22-28)40(41,42)43)31-16-18-39(50-26(3)46)33-23-29-13-14-32(47)36-35(29)38(39,37(31)49-36)19-21-44(33)20-17-27-8-5-4-6-9-27/h4-15,22,25,31,33,37,47H,16-21,23-24H2,1-3H3/b15-12+/t31?,33-,37?,38+,39-/m1/s1. The summed E-state index contributed by atoms with van der Waals surface area (Å²) in [5.41, 5.74) is 0.858. The number of rotatable bonds is 9. The van der Waals surface area contributed by atoms with Gasteiger partial charge >= 0.3 is 12.1 Å². The van der Waals surface area contributed by atoms with Gasteiger partial charge in [-0.2, -0.15) is 13.2 Å². The Labute approximate surface area is 290 Å². The molecule has 1 amide bonds. The topological polar surface area (TPSA) is 79.3 Å². The van der Waals surface area contributed by atoms with E-state index < -0.39 is 34.9 Å². The number of hydrogen-bond acceptors (Lipinski definition) is 6. The second-order valence-corrected chi connectivity index (χ2v) is 14.6. The van der Waals surface area contributed by atoms with Gasteiger partial charge in [0, 0.05) is 31.7 Å². The third-order valence-electron chi connectivity index (χ3n) is 11.2. The van der Waals surface area contributed by atoms with E-state index in [1.165, 1.54) is 36.8 Å². The molecule has 1 saturated heterocycles. The monoisotopic (exact) mass is 688 g/mol. The number of nitrogens with zero attached hydrogens (tertiary/aromatic N) is 2. The lowest BCUT2D eigenvalue weighted by Crippen LogP contribution is -2.79. The summed E-state index contributed by atoms with van der Waals surface area (Å²) < 4.78 is 53.6. The summed E-state index contributed by atoms with van der Waals surface area (Å²) in [5, 5.41) is 11.2. The highest BCUT2D eigenvalue weighted by Gasteiger charge is 2.75. The minimum absolute atomic E-state index is 0.0131. The number of esters is 1. The van der Waals surface area contributed by atoms with Crippen LogP contribution in [0.2, 0.25) is 0 Å². The van der Waals surface area contributed by atoms with Crippen LogP contribution in [0.25, 0.3) is 6.08 Å². The fourth-order valence-electron chi connectivity index (χ4n) is 9.41. The highest BCUT2D eigenvalue weighted by molar-refractivity contribution is 5.92. The second kappa shape index (κ2) is 12.8. The van der Waals surface area contributed by atoms with E-state index in [0.717, 1.165) is 42.8 Å². The van der Waals surface area contributed by atoms with Gasteiger partial charge in [0.15, 0.2) is 11.5 Å². The first-order valence-electron chi connectivity index (χ1n) is 17.5. The van der Waals surface area contributed by atoms with Crippen LogP contribution < -0.4 is 4.74 Å². The van der Waals surface area contributed by atoms with Crippen LogP contribution in [0, 0.1) is 5.92 Å². The van der Waals surface area contributed by atoms with Crippen LogP contribution in [-0.2, 0) is 38.8 Å².